The van der Waals surface area contributed by atoms with Gasteiger partial charge in [0.05, 0.1) is 19.6 Å². The molecule has 0 spiro atoms. The largest absolute Gasteiger partial charge is 0.234 e. The van der Waals surface area contributed by atoms with E-state index in [9.17, 15) is 14.4 Å². The highest BCUT2D eigenvalue weighted by Crippen LogP contribution is 2.45. The highest BCUT2D eigenvalue weighted by atomic mass is 16.1. The fraction of sp³-hybridized carbons (Fsp3) is 0.864. The Morgan fingerprint density at radius 1 is 0.750 bits per heavy atom. The van der Waals surface area contributed by atoms with Gasteiger partial charge in [-0.3, -0.25) is 0 Å². The van der Waals surface area contributed by atoms with E-state index >= 15 is 0 Å². The van der Waals surface area contributed by atoms with E-state index in [4.69, 9.17) is 0 Å². The van der Waals surface area contributed by atoms with E-state index in [2.05, 4.69) is 15.0 Å². The molecule has 28 heavy (non-hydrogen) atoms. The van der Waals surface area contributed by atoms with E-state index in [1.807, 2.05) is 0 Å². The maximum atomic E-state index is 10.9. The van der Waals surface area contributed by atoms with Gasteiger partial charge in [-0.15, -0.1) is 0 Å². The SMILES string of the molecule is O=C=NCCCC1CCC(CN=C=O)CC(C2CCCCCC2)C1CN=C=O. The summed E-state index contributed by atoms with van der Waals surface area (Å²) in [7, 11) is 0. The van der Waals surface area contributed by atoms with Gasteiger partial charge < -0.3 is 0 Å². The summed E-state index contributed by atoms with van der Waals surface area (Å²) in [6, 6.07) is 0. The van der Waals surface area contributed by atoms with Crippen LogP contribution >= 0.6 is 0 Å². The average molecular weight is 388 g/mol. The normalized spacial score (nSPS) is 28.7. The van der Waals surface area contributed by atoms with Gasteiger partial charge in [-0.25, -0.2) is 29.4 Å². The maximum absolute atomic E-state index is 10.9. The van der Waals surface area contributed by atoms with Crippen molar-refractivity contribution in [3.05, 3.63) is 0 Å². The fourth-order valence-electron chi connectivity index (χ4n) is 5.57. The molecule has 2 aliphatic carbocycles. The lowest BCUT2D eigenvalue weighted by Crippen LogP contribution is -2.31. The third-order valence-corrected chi connectivity index (χ3v) is 6.90. The highest BCUT2D eigenvalue weighted by Gasteiger charge is 2.38. The lowest BCUT2D eigenvalue weighted by Gasteiger charge is -2.36. The lowest BCUT2D eigenvalue weighted by atomic mass is 9.70. The van der Waals surface area contributed by atoms with Gasteiger partial charge in [0.25, 0.3) is 0 Å². The Labute approximate surface area is 168 Å². The van der Waals surface area contributed by atoms with E-state index in [1.54, 1.807) is 18.2 Å². The van der Waals surface area contributed by atoms with Crippen molar-refractivity contribution in [1.82, 2.24) is 0 Å². The van der Waals surface area contributed by atoms with Crippen molar-refractivity contribution in [3.63, 3.8) is 0 Å². The molecule has 0 aromatic heterocycles. The molecule has 0 aliphatic heterocycles. The molecule has 2 fully saturated rings. The molecule has 0 bridgehead atoms. The molecule has 154 valence electrons. The molecule has 6 nitrogen and oxygen atoms in total. The molecule has 0 saturated heterocycles. The first-order valence-electron chi connectivity index (χ1n) is 10.9. The standard InChI is InChI=1S/C22H33N3O3/c26-15-23-11-5-8-20-10-9-18(13-24-16-27)12-21(22(20)14-25-17-28)19-6-3-1-2-4-7-19/h18-22H,1-14H2. The van der Waals surface area contributed by atoms with Gasteiger partial charge in [0, 0.05) is 0 Å². The topological polar surface area (TPSA) is 88.3 Å². The number of hydrogen-bond acceptors (Lipinski definition) is 6. The van der Waals surface area contributed by atoms with Crippen molar-refractivity contribution in [3.8, 4) is 0 Å². The summed E-state index contributed by atoms with van der Waals surface area (Å²) in [6.45, 7) is 1.60. The number of carbonyl (C=O) groups excluding carboxylic acids is 3. The van der Waals surface area contributed by atoms with Gasteiger partial charge in [-0.05, 0) is 61.7 Å². The van der Waals surface area contributed by atoms with Crippen LogP contribution in [0.1, 0.15) is 70.6 Å². The predicted octanol–water partition coefficient (Wildman–Crippen LogP) is 4.39. The van der Waals surface area contributed by atoms with Crippen LogP contribution in [-0.4, -0.2) is 37.9 Å². The summed E-state index contributed by atoms with van der Waals surface area (Å²) in [4.78, 5) is 43.5. The van der Waals surface area contributed by atoms with Crippen molar-refractivity contribution in [2.45, 2.75) is 70.6 Å². The van der Waals surface area contributed by atoms with Gasteiger partial charge >= 0.3 is 0 Å². The molecule has 4 unspecified atom stereocenters. The van der Waals surface area contributed by atoms with Crippen molar-refractivity contribution in [2.24, 2.45) is 44.6 Å². The van der Waals surface area contributed by atoms with E-state index in [1.165, 1.54) is 38.5 Å². The lowest BCUT2D eigenvalue weighted by molar-refractivity contribution is 0.141. The first-order chi connectivity index (χ1) is 13.8. The van der Waals surface area contributed by atoms with Crippen LogP contribution in [0.25, 0.3) is 0 Å². The van der Waals surface area contributed by atoms with Crippen LogP contribution in [0, 0.1) is 29.6 Å². The summed E-state index contributed by atoms with van der Waals surface area (Å²) >= 11 is 0. The predicted molar refractivity (Wildman–Crippen MR) is 107 cm³/mol. The molecule has 0 N–H and O–H groups in total. The van der Waals surface area contributed by atoms with Crippen molar-refractivity contribution in [1.29, 1.82) is 0 Å². The monoisotopic (exact) mass is 387 g/mol. The second-order valence-electron chi connectivity index (χ2n) is 8.50. The summed E-state index contributed by atoms with van der Waals surface area (Å²) in [5.41, 5.74) is 0. The zero-order valence-electron chi connectivity index (χ0n) is 16.9. The number of isocyanates is 3. The summed E-state index contributed by atoms with van der Waals surface area (Å²) in [5.74, 6) is 2.37. The van der Waals surface area contributed by atoms with Crippen LogP contribution in [0.4, 0.5) is 0 Å². The van der Waals surface area contributed by atoms with Crippen molar-refractivity contribution in [2.75, 3.05) is 19.6 Å². The number of nitrogens with zero attached hydrogens (tertiary/aromatic N) is 3. The number of hydrogen-bond donors (Lipinski definition) is 0. The first-order valence-corrected chi connectivity index (χ1v) is 10.9. The van der Waals surface area contributed by atoms with Crippen LogP contribution in [0.5, 0.6) is 0 Å². The first kappa shape index (κ1) is 22.4. The molecule has 0 heterocycles. The van der Waals surface area contributed by atoms with Gasteiger partial charge in [-0.2, -0.15) is 0 Å². The minimum absolute atomic E-state index is 0.356. The minimum Gasteiger partial charge on any atom is -0.211 e. The van der Waals surface area contributed by atoms with E-state index < -0.39 is 0 Å². The molecule has 0 aromatic carbocycles. The molecule has 4 atom stereocenters. The summed E-state index contributed by atoms with van der Waals surface area (Å²) in [5, 5.41) is 0. The van der Waals surface area contributed by atoms with Crippen LogP contribution in [0.2, 0.25) is 0 Å². The molecule has 0 amide bonds. The minimum atomic E-state index is 0.356. The van der Waals surface area contributed by atoms with Crippen LogP contribution < -0.4 is 0 Å². The van der Waals surface area contributed by atoms with Crippen LogP contribution in [0.3, 0.4) is 0 Å². The Morgan fingerprint density at radius 3 is 2.11 bits per heavy atom. The Kier molecular flexibility index (Phi) is 10.7. The molecule has 2 aliphatic rings. The highest BCUT2D eigenvalue weighted by molar-refractivity contribution is 5.33. The van der Waals surface area contributed by atoms with Crippen molar-refractivity contribution >= 4 is 18.2 Å². The van der Waals surface area contributed by atoms with E-state index in [0.717, 1.165) is 32.1 Å². The second kappa shape index (κ2) is 13.3. The Morgan fingerprint density at radius 2 is 1.43 bits per heavy atom. The molecule has 0 aromatic rings. The summed E-state index contributed by atoms with van der Waals surface area (Å²) in [6.07, 6.45) is 17.7. The average Bonchev–Trinajstić information content (AvgIpc) is 3.08. The van der Waals surface area contributed by atoms with Crippen molar-refractivity contribution < 1.29 is 14.4 Å². The zero-order chi connectivity index (χ0) is 20.0. The molecular formula is C22H33N3O3. The molecular weight excluding hydrogens is 354 g/mol. The van der Waals surface area contributed by atoms with Crippen LogP contribution in [0.15, 0.2) is 15.0 Å². The van der Waals surface area contributed by atoms with Gasteiger partial charge in [-0.1, -0.05) is 38.5 Å². The van der Waals surface area contributed by atoms with E-state index in [0.29, 0.717) is 49.2 Å². The maximum Gasteiger partial charge on any atom is 0.234 e. The van der Waals surface area contributed by atoms with Gasteiger partial charge in [0.1, 0.15) is 0 Å². The molecule has 0 radical (unpaired) electrons. The fourth-order valence-corrected chi connectivity index (χ4v) is 5.57. The number of aliphatic imine (C=N–C) groups is 3. The smallest absolute Gasteiger partial charge is 0.211 e. The molecule has 2 saturated carbocycles. The second-order valence-corrected chi connectivity index (χ2v) is 8.50. The Balaban J connectivity index is 2.22. The third-order valence-electron chi connectivity index (χ3n) is 6.90. The molecule has 2 rings (SSSR count). The Hall–Kier alpha value is -1.86. The summed E-state index contributed by atoms with van der Waals surface area (Å²) < 4.78 is 0. The third kappa shape index (κ3) is 7.28. The zero-order valence-corrected chi connectivity index (χ0v) is 16.9. The quantitative estimate of drug-likeness (QED) is 0.254. The van der Waals surface area contributed by atoms with Gasteiger partial charge in [0.2, 0.25) is 18.2 Å². The Bertz CT molecular complexity index is 596. The van der Waals surface area contributed by atoms with Crippen LogP contribution in [-0.2, 0) is 14.4 Å². The van der Waals surface area contributed by atoms with E-state index in [-0.39, 0.29) is 0 Å². The van der Waals surface area contributed by atoms with Gasteiger partial charge in [0.15, 0.2) is 0 Å². The number of rotatable bonds is 9. The molecule has 6 heteroatoms.